The van der Waals surface area contributed by atoms with Crippen LogP contribution in [0.25, 0.3) is 0 Å². The highest BCUT2D eigenvalue weighted by molar-refractivity contribution is 7.99. The number of carbonyl (C=O) groups excluding carboxylic acids is 1. The van der Waals surface area contributed by atoms with Gasteiger partial charge in [0.1, 0.15) is 0 Å². The number of carbonyl (C=O) groups is 1. The maximum atomic E-state index is 12.4. The molecule has 6 nitrogen and oxygen atoms in total. The van der Waals surface area contributed by atoms with Crippen LogP contribution < -0.4 is 5.32 Å². The summed E-state index contributed by atoms with van der Waals surface area (Å²) in [5, 5.41) is 13.2. The third-order valence-electron chi connectivity index (χ3n) is 4.59. The Balaban J connectivity index is 2.11. The number of unbranched alkanes of at least 4 members (excludes halogenated alkanes) is 1. The van der Waals surface area contributed by atoms with Crippen LogP contribution >= 0.6 is 23.4 Å². The van der Waals surface area contributed by atoms with Crippen LogP contribution in [0.2, 0.25) is 5.02 Å². The van der Waals surface area contributed by atoms with Gasteiger partial charge in [0.25, 0.3) is 0 Å². The molecule has 0 aliphatic carbocycles. The molecule has 0 fully saturated rings. The molecule has 28 heavy (non-hydrogen) atoms. The average Bonchev–Trinajstić information content (AvgIpc) is 3.04. The van der Waals surface area contributed by atoms with Crippen molar-refractivity contribution in [2.75, 3.05) is 25.2 Å². The summed E-state index contributed by atoms with van der Waals surface area (Å²) in [7, 11) is 4.11. The first kappa shape index (κ1) is 22.7. The zero-order chi connectivity index (χ0) is 20.7. The van der Waals surface area contributed by atoms with E-state index >= 15 is 0 Å². The molecule has 0 saturated heterocycles. The van der Waals surface area contributed by atoms with Gasteiger partial charge >= 0.3 is 0 Å². The fraction of sp³-hybridized carbons (Fsp3) is 0.550. The fourth-order valence-electron chi connectivity index (χ4n) is 3.00. The number of benzene rings is 1. The van der Waals surface area contributed by atoms with E-state index in [1.807, 2.05) is 19.1 Å². The predicted octanol–water partition coefficient (Wildman–Crippen LogP) is 4.78. The van der Waals surface area contributed by atoms with Crippen molar-refractivity contribution >= 4 is 35.0 Å². The van der Waals surface area contributed by atoms with Gasteiger partial charge in [0.2, 0.25) is 5.91 Å². The Hall–Kier alpha value is -1.57. The molecule has 2 aromatic rings. The minimum Gasteiger partial charge on any atom is -0.325 e. The van der Waals surface area contributed by atoms with Crippen LogP contribution in [0.15, 0.2) is 23.4 Å². The molecule has 1 N–H and O–H groups in total. The van der Waals surface area contributed by atoms with Crippen molar-refractivity contribution < 1.29 is 4.79 Å². The van der Waals surface area contributed by atoms with Gasteiger partial charge in [-0.1, -0.05) is 49.7 Å². The van der Waals surface area contributed by atoms with Crippen molar-refractivity contribution in [1.29, 1.82) is 0 Å². The summed E-state index contributed by atoms with van der Waals surface area (Å²) in [6.07, 6.45) is 3.10. The molecular formula is C20H30ClN5OS. The molecule has 0 saturated carbocycles. The van der Waals surface area contributed by atoms with Crippen LogP contribution in [0.5, 0.6) is 0 Å². The average molecular weight is 424 g/mol. The second-order valence-electron chi connectivity index (χ2n) is 7.03. The van der Waals surface area contributed by atoms with Gasteiger partial charge in [0.05, 0.1) is 11.8 Å². The van der Waals surface area contributed by atoms with E-state index in [4.69, 9.17) is 11.6 Å². The normalized spacial score (nSPS) is 12.4. The molecule has 0 aliphatic heterocycles. The number of rotatable bonds is 10. The van der Waals surface area contributed by atoms with Crippen molar-refractivity contribution in [3.8, 4) is 0 Å². The molecular weight excluding hydrogens is 394 g/mol. The highest BCUT2D eigenvalue weighted by atomic mass is 35.5. The molecule has 154 valence electrons. The minimum atomic E-state index is -0.0818. The van der Waals surface area contributed by atoms with Gasteiger partial charge in [-0.3, -0.25) is 9.69 Å². The first-order valence-corrected chi connectivity index (χ1v) is 11.0. The first-order valence-electron chi connectivity index (χ1n) is 9.65. The molecule has 0 aliphatic rings. The number of anilines is 1. The van der Waals surface area contributed by atoms with Gasteiger partial charge in [-0.25, -0.2) is 0 Å². The van der Waals surface area contributed by atoms with Gasteiger partial charge in [-0.2, -0.15) is 0 Å². The van der Waals surface area contributed by atoms with Gasteiger partial charge in [0.15, 0.2) is 11.0 Å². The molecule has 1 heterocycles. The maximum absolute atomic E-state index is 12.4. The summed E-state index contributed by atoms with van der Waals surface area (Å²) in [6, 6.07) is 5.69. The molecule has 0 radical (unpaired) electrons. The Morgan fingerprint density at radius 1 is 1.32 bits per heavy atom. The smallest absolute Gasteiger partial charge is 0.234 e. The van der Waals surface area contributed by atoms with Crippen LogP contribution in [0.3, 0.4) is 0 Å². The van der Waals surface area contributed by atoms with Crippen molar-refractivity contribution in [2.24, 2.45) is 0 Å². The third-order valence-corrected chi connectivity index (χ3v) is 5.80. The number of thioether (sulfide) groups is 1. The molecule has 0 bridgehead atoms. The van der Waals surface area contributed by atoms with E-state index in [0.29, 0.717) is 5.02 Å². The van der Waals surface area contributed by atoms with E-state index in [0.717, 1.165) is 48.0 Å². The van der Waals surface area contributed by atoms with E-state index < -0.39 is 0 Å². The Morgan fingerprint density at radius 2 is 2.07 bits per heavy atom. The van der Waals surface area contributed by atoms with E-state index in [9.17, 15) is 4.79 Å². The lowest BCUT2D eigenvalue weighted by atomic mass is 10.2. The van der Waals surface area contributed by atoms with Crippen molar-refractivity contribution in [3.05, 3.63) is 34.6 Å². The van der Waals surface area contributed by atoms with Gasteiger partial charge in [-0.05, 0) is 51.6 Å². The van der Waals surface area contributed by atoms with Crippen LogP contribution in [-0.4, -0.2) is 45.4 Å². The van der Waals surface area contributed by atoms with Gasteiger partial charge in [0, 0.05) is 17.3 Å². The molecule has 1 amide bonds. The number of amides is 1. The molecule has 1 aromatic heterocycles. The molecule has 0 unspecified atom stereocenters. The van der Waals surface area contributed by atoms with Crippen LogP contribution in [0.1, 0.15) is 50.5 Å². The fourth-order valence-corrected chi connectivity index (χ4v) is 3.95. The predicted molar refractivity (Wildman–Crippen MR) is 117 cm³/mol. The number of nitrogens with one attached hydrogen (secondary N) is 1. The lowest BCUT2D eigenvalue weighted by Crippen LogP contribution is -2.23. The Labute approximate surface area is 177 Å². The number of hydrogen-bond donors (Lipinski definition) is 1. The standard InChI is InChI=1S/C20H30ClN5OS/c1-6-8-11-26-19(17(7-2)25(4)5)23-24-20(26)28-13-18(27)22-16-12-15(21)10-9-14(16)3/h9-10,12,17H,6-8,11,13H2,1-5H3,(H,22,27)/t17-/m0/s1. The van der Waals surface area contributed by atoms with E-state index in [1.54, 1.807) is 6.07 Å². The number of nitrogens with zero attached hydrogens (tertiary/aromatic N) is 4. The summed E-state index contributed by atoms with van der Waals surface area (Å²) in [5.41, 5.74) is 1.72. The maximum Gasteiger partial charge on any atom is 0.234 e. The highest BCUT2D eigenvalue weighted by Crippen LogP contribution is 2.26. The van der Waals surface area contributed by atoms with Crippen LogP contribution in [0, 0.1) is 6.92 Å². The highest BCUT2D eigenvalue weighted by Gasteiger charge is 2.22. The Bertz CT molecular complexity index is 793. The third kappa shape index (κ3) is 5.96. The summed E-state index contributed by atoms with van der Waals surface area (Å²) in [6.45, 7) is 7.12. The summed E-state index contributed by atoms with van der Waals surface area (Å²) in [4.78, 5) is 14.6. The SMILES string of the molecule is CCCCn1c(SCC(=O)Nc2cc(Cl)ccc2C)nnc1[C@H](CC)N(C)C. The van der Waals surface area contributed by atoms with E-state index in [2.05, 4.69) is 52.9 Å². The van der Waals surface area contributed by atoms with Crippen molar-refractivity contribution in [2.45, 2.75) is 57.8 Å². The second kappa shape index (κ2) is 10.8. The minimum absolute atomic E-state index is 0.0818. The van der Waals surface area contributed by atoms with E-state index in [-0.39, 0.29) is 17.7 Å². The molecule has 1 aromatic carbocycles. The van der Waals surface area contributed by atoms with Crippen molar-refractivity contribution in [3.63, 3.8) is 0 Å². The molecule has 1 atom stereocenters. The summed E-state index contributed by atoms with van der Waals surface area (Å²) in [5.74, 6) is 1.16. The number of aryl methyl sites for hydroxylation is 1. The lowest BCUT2D eigenvalue weighted by molar-refractivity contribution is -0.113. The molecule has 2 rings (SSSR count). The molecule has 0 spiro atoms. The number of halogens is 1. The Morgan fingerprint density at radius 3 is 2.71 bits per heavy atom. The largest absolute Gasteiger partial charge is 0.325 e. The van der Waals surface area contributed by atoms with Crippen LogP contribution in [0.4, 0.5) is 5.69 Å². The topological polar surface area (TPSA) is 63.1 Å². The van der Waals surface area contributed by atoms with E-state index in [1.165, 1.54) is 11.8 Å². The Kier molecular flexibility index (Phi) is 8.79. The quantitative estimate of drug-likeness (QED) is 0.557. The van der Waals surface area contributed by atoms with Gasteiger partial charge in [-0.15, -0.1) is 10.2 Å². The zero-order valence-corrected chi connectivity index (χ0v) is 18.9. The first-order chi connectivity index (χ1) is 13.4. The summed E-state index contributed by atoms with van der Waals surface area (Å²) >= 11 is 7.45. The number of aromatic nitrogens is 3. The van der Waals surface area contributed by atoms with Crippen LogP contribution in [-0.2, 0) is 11.3 Å². The van der Waals surface area contributed by atoms with Crippen molar-refractivity contribution in [1.82, 2.24) is 19.7 Å². The second-order valence-corrected chi connectivity index (χ2v) is 8.41. The monoisotopic (exact) mass is 423 g/mol. The molecule has 8 heteroatoms. The lowest BCUT2D eigenvalue weighted by Gasteiger charge is -2.23. The summed E-state index contributed by atoms with van der Waals surface area (Å²) < 4.78 is 2.17. The van der Waals surface area contributed by atoms with Gasteiger partial charge < -0.3 is 9.88 Å². The zero-order valence-electron chi connectivity index (χ0n) is 17.3. The number of hydrogen-bond acceptors (Lipinski definition) is 5.